The fourth-order valence-electron chi connectivity index (χ4n) is 2.49. The first-order chi connectivity index (χ1) is 11.4. The molecule has 1 aliphatic heterocycles. The summed E-state index contributed by atoms with van der Waals surface area (Å²) in [6.07, 6.45) is 3.41. The van der Waals surface area contributed by atoms with Crippen LogP contribution in [0, 0.1) is 5.92 Å². The van der Waals surface area contributed by atoms with Gasteiger partial charge in [0, 0.05) is 18.1 Å². The van der Waals surface area contributed by atoms with Crippen LogP contribution in [0.1, 0.15) is 18.4 Å². The van der Waals surface area contributed by atoms with Gasteiger partial charge in [-0.05, 0) is 24.5 Å². The zero-order chi connectivity index (χ0) is 17.6. The van der Waals surface area contributed by atoms with Crippen molar-refractivity contribution in [2.24, 2.45) is 5.92 Å². The van der Waals surface area contributed by atoms with E-state index in [0.717, 1.165) is 5.56 Å². The summed E-state index contributed by atoms with van der Waals surface area (Å²) in [7, 11) is -1.47. The van der Waals surface area contributed by atoms with E-state index in [2.05, 4.69) is 10.9 Å². The zero-order valence-corrected chi connectivity index (χ0v) is 14.1. The number of nitrogens with one attached hydrogen (secondary N) is 2. The maximum absolute atomic E-state index is 11.7. The molecule has 2 N–H and O–H groups in total. The molecule has 130 valence electrons. The minimum Gasteiger partial charge on any atom is -0.496 e. The largest absolute Gasteiger partial charge is 0.496 e. The topological polar surface area (TPSA) is 102 Å². The van der Waals surface area contributed by atoms with Gasteiger partial charge in [-0.2, -0.15) is 0 Å². The fraction of sp³-hybridized carbons (Fsp3) is 0.375. The number of para-hydroxylation sites is 1. The van der Waals surface area contributed by atoms with Gasteiger partial charge in [-0.1, -0.05) is 18.2 Å². The standard InChI is InChI=1S/C16H20N2O5S/c1-23-14-5-3-2-4-13(14)6-7-15(19)17-18-16(20)10-12-8-9-24(21,22)11-12/h2-7,12H,8-11H2,1H3,(H,17,19)(H,18,20)/b7-6+/t12-/m1/s1. The number of amides is 2. The van der Waals surface area contributed by atoms with Crippen LogP contribution in [-0.4, -0.2) is 38.8 Å². The van der Waals surface area contributed by atoms with Gasteiger partial charge in [0.15, 0.2) is 9.84 Å². The van der Waals surface area contributed by atoms with E-state index in [9.17, 15) is 18.0 Å². The molecule has 0 aliphatic carbocycles. The molecule has 0 unspecified atom stereocenters. The lowest BCUT2D eigenvalue weighted by Crippen LogP contribution is -2.41. The predicted octanol–water partition coefficient (Wildman–Crippen LogP) is 0.681. The van der Waals surface area contributed by atoms with Crippen LogP contribution >= 0.6 is 0 Å². The van der Waals surface area contributed by atoms with Crippen LogP contribution in [0.5, 0.6) is 5.75 Å². The highest BCUT2D eigenvalue weighted by Gasteiger charge is 2.29. The van der Waals surface area contributed by atoms with Gasteiger partial charge in [0.2, 0.25) is 5.91 Å². The summed E-state index contributed by atoms with van der Waals surface area (Å²) in [6.45, 7) is 0. The molecule has 0 spiro atoms. The second-order valence-electron chi connectivity index (χ2n) is 5.59. The second kappa shape index (κ2) is 7.96. The first-order valence-corrected chi connectivity index (χ1v) is 9.32. The van der Waals surface area contributed by atoms with Crippen molar-refractivity contribution in [3.63, 3.8) is 0 Å². The minimum atomic E-state index is -3.01. The normalized spacial score (nSPS) is 19.1. The molecule has 0 saturated carbocycles. The summed E-state index contributed by atoms with van der Waals surface area (Å²) in [5.41, 5.74) is 5.29. The van der Waals surface area contributed by atoms with Crippen molar-refractivity contribution in [1.82, 2.24) is 10.9 Å². The molecule has 0 aromatic heterocycles. The molecule has 1 aromatic carbocycles. The molecular formula is C16H20N2O5S. The molecule has 1 aromatic rings. The van der Waals surface area contributed by atoms with Crippen LogP contribution in [0.3, 0.4) is 0 Å². The van der Waals surface area contributed by atoms with Gasteiger partial charge in [0.1, 0.15) is 5.75 Å². The third kappa shape index (κ3) is 5.38. The van der Waals surface area contributed by atoms with Crippen molar-refractivity contribution in [2.75, 3.05) is 18.6 Å². The highest BCUT2D eigenvalue weighted by molar-refractivity contribution is 7.91. The Morgan fingerprint density at radius 1 is 1.29 bits per heavy atom. The smallest absolute Gasteiger partial charge is 0.262 e. The Hall–Kier alpha value is -2.35. The highest BCUT2D eigenvalue weighted by atomic mass is 32.2. The quantitative estimate of drug-likeness (QED) is 0.599. The Labute approximate surface area is 141 Å². The Bertz CT molecular complexity index is 743. The van der Waals surface area contributed by atoms with Crippen LogP contribution in [0.4, 0.5) is 0 Å². The summed E-state index contributed by atoms with van der Waals surface area (Å²) >= 11 is 0. The molecular weight excluding hydrogens is 332 g/mol. The minimum absolute atomic E-state index is 0.0298. The van der Waals surface area contributed by atoms with Crippen LogP contribution in [-0.2, 0) is 19.4 Å². The SMILES string of the molecule is COc1ccccc1/C=C/C(=O)NNC(=O)C[C@H]1CCS(=O)(=O)C1. The van der Waals surface area contributed by atoms with E-state index in [0.29, 0.717) is 12.2 Å². The van der Waals surface area contributed by atoms with E-state index in [1.807, 2.05) is 12.1 Å². The van der Waals surface area contributed by atoms with Crippen molar-refractivity contribution >= 4 is 27.7 Å². The molecule has 2 amide bonds. The van der Waals surface area contributed by atoms with E-state index in [1.54, 1.807) is 18.2 Å². The van der Waals surface area contributed by atoms with Gasteiger partial charge in [-0.25, -0.2) is 8.42 Å². The first-order valence-electron chi connectivity index (χ1n) is 7.50. The van der Waals surface area contributed by atoms with Crippen molar-refractivity contribution in [1.29, 1.82) is 0 Å². The number of hydrogen-bond donors (Lipinski definition) is 2. The van der Waals surface area contributed by atoms with E-state index in [1.165, 1.54) is 13.2 Å². The van der Waals surface area contributed by atoms with Gasteiger partial charge >= 0.3 is 0 Å². The number of ether oxygens (including phenoxy) is 1. The summed E-state index contributed by atoms with van der Waals surface area (Å²) < 4.78 is 27.8. The number of methoxy groups -OCH3 is 1. The van der Waals surface area contributed by atoms with Crippen molar-refractivity contribution in [2.45, 2.75) is 12.8 Å². The molecule has 24 heavy (non-hydrogen) atoms. The Kier molecular flexibility index (Phi) is 5.97. The third-order valence-electron chi connectivity index (χ3n) is 3.68. The van der Waals surface area contributed by atoms with E-state index < -0.39 is 21.7 Å². The molecule has 1 fully saturated rings. The van der Waals surface area contributed by atoms with Crippen LogP contribution < -0.4 is 15.6 Å². The number of carbonyl (C=O) groups excluding carboxylic acids is 2. The Morgan fingerprint density at radius 3 is 2.71 bits per heavy atom. The lowest BCUT2D eigenvalue weighted by Gasteiger charge is -2.08. The molecule has 2 rings (SSSR count). The number of carbonyl (C=O) groups is 2. The monoisotopic (exact) mass is 352 g/mol. The number of hydrogen-bond acceptors (Lipinski definition) is 5. The number of benzene rings is 1. The van der Waals surface area contributed by atoms with Gasteiger partial charge in [-0.3, -0.25) is 20.4 Å². The van der Waals surface area contributed by atoms with E-state index in [4.69, 9.17) is 4.74 Å². The zero-order valence-electron chi connectivity index (χ0n) is 13.3. The first kappa shape index (κ1) is 18.0. The van der Waals surface area contributed by atoms with Crippen molar-refractivity contribution in [3.05, 3.63) is 35.9 Å². The molecule has 1 heterocycles. The summed E-state index contributed by atoms with van der Waals surface area (Å²) in [5.74, 6) is -0.297. The summed E-state index contributed by atoms with van der Waals surface area (Å²) in [4.78, 5) is 23.4. The Balaban J connectivity index is 1.78. The molecule has 1 saturated heterocycles. The molecule has 7 nitrogen and oxygen atoms in total. The lowest BCUT2D eigenvalue weighted by molar-refractivity contribution is -0.127. The highest BCUT2D eigenvalue weighted by Crippen LogP contribution is 2.21. The Morgan fingerprint density at radius 2 is 2.04 bits per heavy atom. The second-order valence-corrected chi connectivity index (χ2v) is 7.81. The van der Waals surface area contributed by atoms with Crippen molar-refractivity contribution in [3.8, 4) is 5.75 Å². The van der Waals surface area contributed by atoms with E-state index in [-0.39, 0.29) is 23.8 Å². The van der Waals surface area contributed by atoms with Crippen molar-refractivity contribution < 1.29 is 22.7 Å². The molecule has 8 heteroatoms. The van der Waals surface area contributed by atoms with Gasteiger partial charge in [0.05, 0.1) is 18.6 Å². The summed E-state index contributed by atoms with van der Waals surface area (Å²) in [6, 6.07) is 7.20. The predicted molar refractivity (Wildman–Crippen MR) is 89.7 cm³/mol. The lowest BCUT2D eigenvalue weighted by atomic mass is 10.1. The maximum atomic E-state index is 11.7. The van der Waals surface area contributed by atoms with Crippen LogP contribution in [0.15, 0.2) is 30.3 Å². The summed E-state index contributed by atoms with van der Waals surface area (Å²) in [5, 5.41) is 0. The fourth-order valence-corrected chi connectivity index (χ4v) is 4.35. The molecule has 0 radical (unpaired) electrons. The maximum Gasteiger partial charge on any atom is 0.262 e. The number of rotatable bonds is 5. The molecule has 1 atom stereocenters. The average molecular weight is 352 g/mol. The van der Waals surface area contributed by atoms with Gasteiger partial charge in [-0.15, -0.1) is 0 Å². The van der Waals surface area contributed by atoms with Gasteiger partial charge in [0.25, 0.3) is 5.91 Å². The molecule has 0 bridgehead atoms. The van der Waals surface area contributed by atoms with Crippen LogP contribution in [0.25, 0.3) is 6.08 Å². The number of hydrazine groups is 1. The van der Waals surface area contributed by atoms with Crippen LogP contribution in [0.2, 0.25) is 0 Å². The molecule has 1 aliphatic rings. The van der Waals surface area contributed by atoms with E-state index >= 15 is 0 Å². The van der Waals surface area contributed by atoms with Gasteiger partial charge < -0.3 is 4.74 Å². The number of sulfone groups is 1. The third-order valence-corrected chi connectivity index (χ3v) is 5.52. The average Bonchev–Trinajstić information content (AvgIpc) is 2.89.